The van der Waals surface area contributed by atoms with Gasteiger partial charge in [-0.3, -0.25) is 24.9 Å². The number of carbonyl (C=O) groups excluding carboxylic acids is 1. The van der Waals surface area contributed by atoms with Crippen molar-refractivity contribution in [3.05, 3.63) is 75.8 Å². The Morgan fingerprint density at radius 1 is 1.19 bits per heavy atom. The van der Waals surface area contributed by atoms with Crippen molar-refractivity contribution in [1.29, 1.82) is 0 Å². The molecule has 3 aromatic rings. The number of H-pyrrole nitrogens is 1. The van der Waals surface area contributed by atoms with Gasteiger partial charge in [-0.05, 0) is 31.5 Å². The molecule has 1 aromatic heterocycles. The van der Waals surface area contributed by atoms with Crippen LogP contribution >= 0.6 is 0 Å². The Balaban J connectivity index is 1.38. The van der Waals surface area contributed by atoms with Crippen LogP contribution in [0.25, 0.3) is 11.3 Å². The van der Waals surface area contributed by atoms with E-state index < -0.39 is 4.92 Å². The van der Waals surface area contributed by atoms with Gasteiger partial charge < -0.3 is 10.1 Å². The van der Waals surface area contributed by atoms with Crippen LogP contribution in [0.5, 0.6) is 0 Å². The quantitative estimate of drug-likeness (QED) is 0.449. The van der Waals surface area contributed by atoms with Crippen LogP contribution in [0.4, 0.5) is 11.5 Å². The maximum absolute atomic E-state index is 12.6. The minimum Gasteiger partial charge on any atom is -0.373 e. The third kappa shape index (κ3) is 5.19. The number of benzene rings is 2. The van der Waals surface area contributed by atoms with Gasteiger partial charge in [0.2, 0.25) is 0 Å². The number of hydrogen-bond acceptors (Lipinski definition) is 6. The minimum atomic E-state index is -0.452. The highest BCUT2D eigenvalue weighted by atomic mass is 16.6. The highest BCUT2D eigenvalue weighted by Crippen LogP contribution is 2.24. The predicted molar refractivity (Wildman–Crippen MR) is 120 cm³/mol. The lowest BCUT2D eigenvalue weighted by molar-refractivity contribution is -0.384. The lowest BCUT2D eigenvalue weighted by Crippen LogP contribution is -2.44. The fraction of sp³-hybridized carbons (Fsp3) is 0.304. The lowest BCUT2D eigenvalue weighted by Gasteiger charge is -2.35. The van der Waals surface area contributed by atoms with Gasteiger partial charge in [0.1, 0.15) is 0 Å². The number of amides is 1. The van der Waals surface area contributed by atoms with E-state index in [2.05, 4.69) is 34.3 Å². The van der Waals surface area contributed by atoms with Crippen LogP contribution in [-0.4, -0.2) is 51.2 Å². The average molecular weight is 435 g/mol. The molecule has 2 N–H and O–H groups in total. The predicted octanol–water partition coefficient (Wildman–Crippen LogP) is 3.85. The standard InChI is InChI=1S/C23H25N5O4/c1-15-12-27(13-16(2)32-15)14-17-6-8-18(9-7-17)23(29)24-22-11-21(25-26-22)19-4-3-5-20(10-19)28(30)31/h3-11,15-16H,12-14H2,1-2H3,(H2,24,25,26,29). The molecule has 1 saturated heterocycles. The van der Waals surface area contributed by atoms with Gasteiger partial charge in [-0.15, -0.1) is 0 Å². The van der Waals surface area contributed by atoms with Crippen LogP contribution in [-0.2, 0) is 11.3 Å². The zero-order valence-electron chi connectivity index (χ0n) is 17.9. The van der Waals surface area contributed by atoms with Crippen LogP contribution in [0.1, 0.15) is 29.8 Å². The summed E-state index contributed by atoms with van der Waals surface area (Å²) in [4.78, 5) is 25.5. The summed E-state index contributed by atoms with van der Waals surface area (Å²) >= 11 is 0. The van der Waals surface area contributed by atoms with E-state index in [0.717, 1.165) is 25.2 Å². The minimum absolute atomic E-state index is 0.0104. The third-order valence-corrected chi connectivity index (χ3v) is 5.30. The molecule has 1 fully saturated rings. The Kier molecular flexibility index (Phi) is 6.29. The van der Waals surface area contributed by atoms with Gasteiger partial charge in [0.15, 0.2) is 5.82 Å². The van der Waals surface area contributed by atoms with E-state index in [0.29, 0.717) is 22.6 Å². The van der Waals surface area contributed by atoms with Crippen LogP contribution in [0.3, 0.4) is 0 Å². The van der Waals surface area contributed by atoms with E-state index in [-0.39, 0.29) is 23.8 Å². The van der Waals surface area contributed by atoms with E-state index in [1.807, 2.05) is 12.1 Å². The molecule has 1 amide bonds. The summed E-state index contributed by atoms with van der Waals surface area (Å²) in [5.41, 5.74) is 2.84. The number of anilines is 1. The number of non-ortho nitro benzene ring substituents is 1. The summed E-state index contributed by atoms with van der Waals surface area (Å²) < 4.78 is 5.77. The summed E-state index contributed by atoms with van der Waals surface area (Å²) in [5.74, 6) is 0.0686. The van der Waals surface area contributed by atoms with Gasteiger partial charge in [-0.2, -0.15) is 5.10 Å². The van der Waals surface area contributed by atoms with Crippen molar-refractivity contribution < 1.29 is 14.5 Å². The Morgan fingerprint density at radius 3 is 2.59 bits per heavy atom. The van der Waals surface area contributed by atoms with Gasteiger partial charge in [0.05, 0.1) is 22.8 Å². The van der Waals surface area contributed by atoms with Crippen LogP contribution in [0, 0.1) is 10.1 Å². The van der Waals surface area contributed by atoms with Gasteiger partial charge >= 0.3 is 0 Å². The molecule has 2 atom stereocenters. The molecule has 1 aliphatic rings. The summed E-state index contributed by atoms with van der Waals surface area (Å²) in [7, 11) is 0. The number of nitro benzene ring substituents is 1. The number of aromatic amines is 1. The number of aromatic nitrogens is 2. The van der Waals surface area contributed by atoms with Crippen molar-refractivity contribution in [1.82, 2.24) is 15.1 Å². The molecule has 1 aliphatic heterocycles. The third-order valence-electron chi connectivity index (χ3n) is 5.30. The molecule has 9 nitrogen and oxygen atoms in total. The molecule has 0 spiro atoms. The maximum atomic E-state index is 12.6. The van der Waals surface area contributed by atoms with Crippen LogP contribution in [0.15, 0.2) is 54.6 Å². The Hall–Kier alpha value is -3.56. The molecule has 0 saturated carbocycles. The fourth-order valence-electron chi connectivity index (χ4n) is 3.94. The topological polar surface area (TPSA) is 113 Å². The molecule has 2 heterocycles. The normalized spacial score (nSPS) is 18.9. The lowest BCUT2D eigenvalue weighted by atomic mass is 10.1. The van der Waals surface area contributed by atoms with Crippen LogP contribution in [0.2, 0.25) is 0 Å². The fourth-order valence-corrected chi connectivity index (χ4v) is 3.94. The molecule has 0 aliphatic carbocycles. The number of hydrogen-bond donors (Lipinski definition) is 2. The zero-order valence-corrected chi connectivity index (χ0v) is 17.9. The number of morpholine rings is 1. The van der Waals surface area contributed by atoms with Crippen molar-refractivity contribution in [2.24, 2.45) is 0 Å². The highest BCUT2D eigenvalue weighted by Gasteiger charge is 2.22. The molecule has 0 bridgehead atoms. The van der Waals surface area contributed by atoms with E-state index in [4.69, 9.17) is 4.74 Å². The number of nitrogens with one attached hydrogen (secondary N) is 2. The first kappa shape index (κ1) is 21.7. The van der Waals surface area contributed by atoms with Crippen molar-refractivity contribution in [3.63, 3.8) is 0 Å². The number of ether oxygens (including phenoxy) is 1. The molecule has 2 aromatic carbocycles. The SMILES string of the molecule is CC1CN(Cc2ccc(C(=O)Nc3cc(-c4cccc([N+](=O)[O-])c4)[nH]n3)cc2)CC(C)O1. The Bertz CT molecular complexity index is 1100. The first-order valence-electron chi connectivity index (χ1n) is 10.5. The van der Waals surface area contributed by atoms with Crippen molar-refractivity contribution >= 4 is 17.4 Å². The van der Waals surface area contributed by atoms with Crippen molar-refractivity contribution in [3.8, 4) is 11.3 Å². The average Bonchev–Trinajstić information content (AvgIpc) is 3.22. The van der Waals surface area contributed by atoms with Crippen LogP contribution < -0.4 is 5.32 Å². The summed E-state index contributed by atoms with van der Waals surface area (Å²) in [6, 6.07) is 15.4. The van der Waals surface area contributed by atoms with Crippen molar-refractivity contribution in [2.45, 2.75) is 32.6 Å². The first-order valence-corrected chi connectivity index (χ1v) is 10.5. The van der Waals surface area contributed by atoms with E-state index in [1.165, 1.54) is 12.1 Å². The molecule has 9 heteroatoms. The maximum Gasteiger partial charge on any atom is 0.270 e. The second-order valence-corrected chi connectivity index (χ2v) is 8.08. The summed E-state index contributed by atoms with van der Waals surface area (Å²) in [5, 5.41) is 20.6. The van der Waals surface area contributed by atoms with E-state index >= 15 is 0 Å². The largest absolute Gasteiger partial charge is 0.373 e. The molecular formula is C23H25N5O4. The number of nitro groups is 1. The van der Waals surface area contributed by atoms with Crippen molar-refractivity contribution in [2.75, 3.05) is 18.4 Å². The second kappa shape index (κ2) is 9.29. The molecular weight excluding hydrogens is 410 g/mol. The molecule has 2 unspecified atom stereocenters. The monoisotopic (exact) mass is 435 g/mol. The van der Waals surface area contributed by atoms with Gasteiger partial charge in [-0.25, -0.2) is 0 Å². The van der Waals surface area contributed by atoms with E-state index in [9.17, 15) is 14.9 Å². The van der Waals surface area contributed by atoms with Gasteiger partial charge in [0.25, 0.3) is 11.6 Å². The first-order chi connectivity index (χ1) is 15.4. The molecule has 32 heavy (non-hydrogen) atoms. The number of rotatable bonds is 6. The van der Waals surface area contributed by atoms with Gasteiger partial charge in [0, 0.05) is 49.0 Å². The summed E-state index contributed by atoms with van der Waals surface area (Å²) in [6.07, 6.45) is 0.425. The number of nitrogens with zero attached hydrogens (tertiary/aromatic N) is 3. The Morgan fingerprint density at radius 2 is 1.91 bits per heavy atom. The highest BCUT2D eigenvalue weighted by molar-refractivity contribution is 6.04. The van der Waals surface area contributed by atoms with E-state index in [1.54, 1.807) is 30.3 Å². The zero-order chi connectivity index (χ0) is 22.7. The molecule has 4 rings (SSSR count). The smallest absolute Gasteiger partial charge is 0.270 e. The Labute approximate surface area is 185 Å². The molecule has 0 radical (unpaired) electrons. The molecule has 166 valence electrons. The number of carbonyl (C=O) groups is 1. The summed E-state index contributed by atoms with van der Waals surface area (Å²) in [6.45, 7) is 6.74. The second-order valence-electron chi connectivity index (χ2n) is 8.08. The van der Waals surface area contributed by atoms with Gasteiger partial charge in [-0.1, -0.05) is 24.3 Å².